The van der Waals surface area contributed by atoms with Crippen molar-refractivity contribution in [3.05, 3.63) is 11.6 Å². The van der Waals surface area contributed by atoms with E-state index in [2.05, 4.69) is 4.74 Å². The van der Waals surface area contributed by atoms with Crippen molar-refractivity contribution in [1.29, 1.82) is 0 Å². The molecule has 18 heavy (non-hydrogen) atoms. The highest BCUT2D eigenvalue weighted by Crippen LogP contribution is 1.96. The first-order valence-electron chi connectivity index (χ1n) is 5.01. The van der Waals surface area contributed by atoms with Crippen LogP contribution < -0.4 is 0 Å². The molecule has 0 aliphatic heterocycles. The molecule has 0 saturated carbocycles. The van der Waals surface area contributed by atoms with Crippen LogP contribution in [0.3, 0.4) is 0 Å². The zero-order valence-electron chi connectivity index (χ0n) is 11.7. The molecule has 2 N–H and O–H groups in total. The third-order valence-corrected chi connectivity index (χ3v) is 1.02. The summed E-state index contributed by atoms with van der Waals surface area (Å²) < 4.78 is 36.0. The minimum atomic E-state index is -4.67. The van der Waals surface area contributed by atoms with E-state index < -0.39 is 10.4 Å². The van der Waals surface area contributed by atoms with E-state index in [-0.39, 0.29) is 5.97 Å². The number of methoxy groups -OCH3 is 1. The van der Waals surface area contributed by atoms with Crippen LogP contribution in [0.1, 0.15) is 20.3 Å². The van der Waals surface area contributed by atoms with Crippen LogP contribution in [0, 0.1) is 0 Å². The van der Waals surface area contributed by atoms with Gasteiger partial charge in [-0.15, -0.1) is 0 Å². The van der Waals surface area contributed by atoms with Gasteiger partial charge in [0.2, 0.25) is 0 Å². The molecule has 0 amide bonds. The number of rotatable bonds is 2. The van der Waals surface area contributed by atoms with Gasteiger partial charge in [-0.25, -0.2) is 4.79 Å². The van der Waals surface area contributed by atoms with E-state index in [4.69, 9.17) is 17.5 Å². The fourth-order valence-corrected chi connectivity index (χ4v) is 0.551. The minimum absolute atomic E-state index is 0.239. The first-order valence-corrected chi connectivity index (χ1v) is 6.41. The molecule has 0 bridgehead atoms. The molecule has 0 aromatic heterocycles. The van der Waals surface area contributed by atoms with E-state index >= 15 is 0 Å². The van der Waals surface area contributed by atoms with Crippen molar-refractivity contribution in [2.75, 3.05) is 28.3 Å². The molecule has 0 aromatic carbocycles. The lowest BCUT2D eigenvalue weighted by Gasteiger charge is -1.95. The second-order valence-electron chi connectivity index (χ2n) is 3.58. The molecule has 8 heteroatoms. The third-order valence-electron chi connectivity index (χ3n) is 1.02. The number of esters is 1. The van der Waals surface area contributed by atoms with Gasteiger partial charge in [-0.1, -0.05) is 13.0 Å². The number of allylic oxidation sites excluding steroid dienone is 1. The Kier molecular flexibility index (Phi) is 15.4. The summed E-state index contributed by atoms with van der Waals surface area (Å²) in [6, 6.07) is 0. The maximum atomic E-state index is 10.6. The molecule has 0 heterocycles. The van der Waals surface area contributed by atoms with Crippen LogP contribution in [-0.4, -0.2) is 56.6 Å². The summed E-state index contributed by atoms with van der Waals surface area (Å²) >= 11 is 0. The summed E-state index contributed by atoms with van der Waals surface area (Å²) in [4.78, 5) is 12.6. The number of carbonyl (C=O) groups is 1. The van der Waals surface area contributed by atoms with Gasteiger partial charge in [-0.3, -0.25) is 9.11 Å². The van der Waals surface area contributed by atoms with E-state index in [1.165, 1.54) is 7.11 Å². The van der Waals surface area contributed by atoms with Gasteiger partial charge in [-0.05, 0) is 34.5 Å². The maximum Gasteiger partial charge on any atom is 0.394 e. The molecule has 0 saturated heterocycles. The van der Waals surface area contributed by atoms with Crippen molar-refractivity contribution in [3.63, 3.8) is 0 Å². The molecule has 0 fully saturated rings. The minimum Gasteiger partial charge on any atom is -0.466 e. The Morgan fingerprint density at radius 2 is 1.56 bits per heavy atom. The highest BCUT2D eigenvalue weighted by Gasteiger charge is 1.99. The van der Waals surface area contributed by atoms with Crippen molar-refractivity contribution in [2.45, 2.75) is 20.3 Å². The van der Waals surface area contributed by atoms with Crippen molar-refractivity contribution in [2.24, 2.45) is 0 Å². The van der Waals surface area contributed by atoms with Crippen molar-refractivity contribution >= 4 is 16.4 Å². The average molecular weight is 285 g/mol. The standard InChI is InChI=1S/C7H12O2.C3H9N.H2O4S/c1-4-5-6(2)7(8)9-3;1-4(2)3;1-5(2,3)4/h5H,4H2,1-3H3;1-3H3;(H2,1,2,3,4). The van der Waals surface area contributed by atoms with Crippen LogP contribution in [0.4, 0.5) is 0 Å². The summed E-state index contributed by atoms with van der Waals surface area (Å²) in [5.74, 6) is -0.239. The summed E-state index contributed by atoms with van der Waals surface area (Å²) in [7, 11) is 2.72. The summed E-state index contributed by atoms with van der Waals surface area (Å²) in [6.45, 7) is 3.72. The quantitative estimate of drug-likeness (QED) is 0.444. The van der Waals surface area contributed by atoms with E-state index in [1.807, 2.05) is 39.0 Å². The predicted octanol–water partition coefficient (Wildman–Crippen LogP) is 1.04. The van der Waals surface area contributed by atoms with Crippen LogP contribution in [0.5, 0.6) is 0 Å². The Bertz CT molecular complexity index is 324. The highest BCUT2D eigenvalue weighted by atomic mass is 32.3. The molecule has 7 nitrogen and oxygen atoms in total. The van der Waals surface area contributed by atoms with Crippen molar-refractivity contribution in [1.82, 2.24) is 4.90 Å². The highest BCUT2D eigenvalue weighted by molar-refractivity contribution is 7.79. The Morgan fingerprint density at radius 3 is 1.72 bits per heavy atom. The maximum absolute atomic E-state index is 10.6. The molecule has 0 aliphatic carbocycles. The fraction of sp³-hybridized carbons (Fsp3) is 0.700. The van der Waals surface area contributed by atoms with Crippen LogP contribution in [0.25, 0.3) is 0 Å². The normalized spacial score (nSPS) is 10.8. The molecule has 110 valence electrons. The second kappa shape index (κ2) is 12.5. The van der Waals surface area contributed by atoms with Gasteiger partial charge in [0.25, 0.3) is 0 Å². The molecular formula is C10H23NO6S. The third kappa shape index (κ3) is 45.9. The summed E-state index contributed by atoms with van der Waals surface area (Å²) in [5.41, 5.74) is 0.681. The van der Waals surface area contributed by atoms with E-state index in [1.54, 1.807) is 6.92 Å². The average Bonchev–Trinajstić information content (AvgIpc) is 2.13. The van der Waals surface area contributed by atoms with E-state index in [0.717, 1.165) is 6.42 Å². The predicted molar refractivity (Wildman–Crippen MR) is 69.9 cm³/mol. The number of hydrogen-bond acceptors (Lipinski definition) is 5. The summed E-state index contributed by atoms with van der Waals surface area (Å²) in [6.07, 6.45) is 2.72. The Labute approximate surface area is 109 Å². The molecule has 0 spiro atoms. The molecule has 0 unspecified atom stereocenters. The van der Waals surface area contributed by atoms with Gasteiger partial charge in [0.15, 0.2) is 0 Å². The first-order chi connectivity index (χ1) is 7.95. The van der Waals surface area contributed by atoms with Gasteiger partial charge in [0, 0.05) is 5.57 Å². The lowest BCUT2D eigenvalue weighted by Crippen LogP contribution is -2.00. The Morgan fingerprint density at radius 1 is 1.28 bits per heavy atom. The van der Waals surface area contributed by atoms with E-state index in [0.29, 0.717) is 5.57 Å². The lowest BCUT2D eigenvalue weighted by atomic mass is 10.2. The van der Waals surface area contributed by atoms with E-state index in [9.17, 15) is 4.79 Å². The monoisotopic (exact) mass is 285 g/mol. The zero-order valence-corrected chi connectivity index (χ0v) is 12.5. The van der Waals surface area contributed by atoms with Crippen molar-refractivity contribution in [3.8, 4) is 0 Å². The zero-order chi connectivity index (χ0) is 15.4. The molecule has 0 aliphatic rings. The Hall–Kier alpha value is -0.960. The largest absolute Gasteiger partial charge is 0.466 e. The topological polar surface area (TPSA) is 104 Å². The van der Waals surface area contributed by atoms with Gasteiger partial charge >= 0.3 is 16.4 Å². The van der Waals surface area contributed by atoms with Crippen LogP contribution in [0.2, 0.25) is 0 Å². The second-order valence-corrected chi connectivity index (χ2v) is 4.47. The fourth-order valence-electron chi connectivity index (χ4n) is 0.551. The van der Waals surface area contributed by atoms with Crippen LogP contribution in [-0.2, 0) is 19.9 Å². The van der Waals surface area contributed by atoms with Gasteiger partial charge < -0.3 is 9.64 Å². The molecular weight excluding hydrogens is 262 g/mol. The number of nitrogens with zero attached hydrogens (tertiary/aromatic N) is 1. The van der Waals surface area contributed by atoms with Crippen molar-refractivity contribution < 1.29 is 27.1 Å². The van der Waals surface area contributed by atoms with Gasteiger partial charge in [-0.2, -0.15) is 8.42 Å². The van der Waals surface area contributed by atoms with Crippen LogP contribution >= 0.6 is 0 Å². The molecule has 0 aromatic rings. The van der Waals surface area contributed by atoms with Gasteiger partial charge in [0.05, 0.1) is 7.11 Å². The summed E-state index contributed by atoms with van der Waals surface area (Å²) in [5, 5.41) is 0. The smallest absolute Gasteiger partial charge is 0.394 e. The number of carbonyl (C=O) groups excluding carboxylic acids is 1. The van der Waals surface area contributed by atoms with Gasteiger partial charge in [0.1, 0.15) is 0 Å². The first kappa shape index (κ1) is 22.2. The SMILES string of the molecule is CCC=C(C)C(=O)OC.CN(C)C.O=S(=O)(O)O. The Balaban J connectivity index is -0.000000212. The molecule has 0 rings (SSSR count). The lowest BCUT2D eigenvalue weighted by molar-refractivity contribution is -0.136. The number of hydrogen-bond donors (Lipinski definition) is 2. The molecule has 0 atom stereocenters. The van der Waals surface area contributed by atoms with Crippen LogP contribution in [0.15, 0.2) is 11.6 Å². The molecule has 0 radical (unpaired) electrons. The number of ether oxygens (including phenoxy) is 1.